The van der Waals surface area contributed by atoms with Crippen LogP contribution in [0.25, 0.3) is 0 Å². The number of piperidine rings is 1. The number of amides is 1. The first-order chi connectivity index (χ1) is 17.9. The molecule has 1 amide bonds. The number of likely N-dealkylation sites (tertiary alicyclic amines) is 1. The van der Waals surface area contributed by atoms with Gasteiger partial charge in [-0.05, 0) is 87.0 Å². The average molecular weight is 556 g/mol. The molecule has 2 N–H and O–H groups in total. The molecule has 2 aromatic rings. The van der Waals surface area contributed by atoms with Crippen molar-refractivity contribution in [2.45, 2.75) is 81.6 Å². The van der Waals surface area contributed by atoms with Gasteiger partial charge < -0.3 is 5.32 Å². The normalized spacial score (nSPS) is 19.6. The van der Waals surface area contributed by atoms with E-state index in [0.717, 1.165) is 44.5 Å². The van der Waals surface area contributed by atoms with Gasteiger partial charge in [-0.2, -0.15) is 13.2 Å². The summed E-state index contributed by atoms with van der Waals surface area (Å²) < 4.78 is 80.4. The molecular formula is C27H33F4N3O3S. The Hall–Kier alpha value is -2.50. The summed E-state index contributed by atoms with van der Waals surface area (Å²) >= 11 is 0. The van der Waals surface area contributed by atoms with E-state index in [1.807, 2.05) is 0 Å². The van der Waals surface area contributed by atoms with Gasteiger partial charge in [0.15, 0.2) is 0 Å². The lowest BCUT2D eigenvalue weighted by atomic mass is 9.86. The van der Waals surface area contributed by atoms with E-state index < -0.39 is 44.4 Å². The molecule has 2 aliphatic rings. The molecule has 0 spiro atoms. The number of sulfonamides is 1. The maximum absolute atomic E-state index is 14.1. The third-order valence-corrected chi connectivity index (χ3v) is 8.71. The van der Waals surface area contributed by atoms with Crippen LogP contribution in [0.5, 0.6) is 0 Å². The second-order valence-corrected chi connectivity index (χ2v) is 11.9. The molecule has 11 heteroatoms. The molecule has 4 rings (SSSR count). The lowest BCUT2D eigenvalue weighted by Crippen LogP contribution is -2.39. The number of halogens is 4. The van der Waals surface area contributed by atoms with Crippen molar-refractivity contribution in [3.8, 4) is 0 Å². The van der Waals surface area contributed by atoms with Gasteiger partial charge in [0.05, 0.1) is 11.6 Å². The van der Waals surface area contributed by atoms with E-state index >= 15 is 0 Å². The minimum Gasteiger partial charge on any atom is -0.349 e. The standard InChI is InChI=1S/C27H33F4N3O3S/c1-18(33-38(36,37)25-16-21(27(29,30)31)9-11-23(25)28)14-26(35)32-24-7-5-6-20-15-19(8-10-22(20)24)17-34-12-3-2-4-13-34/h8-11,15-16,18,24,33H,2-7,12-14,17H2,1H3,(H,32,35)/t18-,24+/m0/s1. The third kappa shape index (κ3) is 7.12. The van der Waals surface area contributed by atoms with Crippen LogP contribution >= 0.6 is 0 Å². The van der Waals surface area contributed by atoms with Crippen molar-refractivity contribution in [1.82, 2.24) is 14.9 Å². The number of nitrogens with one attached hydrogen (secondary N) is 2. The van der Waals surface area contributed by atoms with Crippen molar-refractivity contribution in [2.75, 3.05) is 13.1 Å². The van der Waals surface area contributed by atoms with Gasteiger partial charge in [0.1, 0.15) is 10.7 Å². The summed E-state index contributed by atoms with van der Waals surface area (Å²) in [6, 6.07) is 6.38. The van der Waals surface area contributed by atoms with Crippen LogP contribution in [0.15, 0.2) is 41.3 Å². The number of benzene rings is 2. The molecule has 0 aromatic heterocycles. The van der Waals surface area contributed by atoms with E-state index in [-0.39, 0.29) is 18.5 Å². The Morgan fingerprint density at radius 1 is 1.08 bits per heavy atom. The molecule has 2 atom stereocenters. The van der Waals surface area contributed by atoms with Gasteiger partial charge in [0.2, 0.25) is 15.9 Å². The number of fused-ring (bicyclic) bond motifs is 1. The zero-order valence-electron chi connectivity index (χ0n) is 21.3. The second-order valence-electron chi connectivity index (χ2n) is 10.3. The first-order valence-electron chi connectivity index (χ1n) is 12.9. The monoisotopic (exact) mass is 555 g/mol. The number of aryl methyl sites for hydroxylation is 1. The van der Waals surface area contributed by atoms with Crippen LogP contribution in [-0.2, 0) is 34.0 Å². The van der Waals surface area contributed by atoms with Crippen LogP contribution in [0.1, 0.15) is 73.7 Å². The van der Waals surface area contributed by atoms with E-state index in [9.17, 15) is 30.8 Å². The highest BCUT2D eigenvalue weighted by atomic mass is 32.2. The lowest BCUT2D eigenvalue weighted by Gasteiger charge is -2.29. The van der Waals surface area contributed by atoms with Crippen molar-refractivity contribution < 1.29 is 30.8 Å². The fraction of sp³-hybridized carbons (Fsp3) is 0.519. The number of rotatable bonds is 8. The van der Waals surface area contributed by atoms with Gasteiger partial charge in [0, 0.05) is 19.0 Å². The molecule has 1 heterocycles. The van der Waals surface area contributed by atoms with Gasteiger partial charge in [-0.1, -0.05) is 24.6 Å². The first kappa shape index (κ1) is 28.5. The quantitative estimate of drug-likeness (QED) is 0.446. The number of hydrogen-bond donors (Lipinski definition) is 2. The largest absolute Gasteiger partial charge is 0.416 e. The number of carbonyl (C=O) groups is 1. The summed E-state index contributed by atoms with van der Waals surface area (Å²) in [5.41, 5.74) is 2.22. The smallest absolute Gasteiger partial charge is 0.349 e. The third-order valence-electron chi connectivity index (χ3n) is 7.11. The maximum atomic E-state index is 14.1. The highest BCUT2D eigenvalue weighted by Crippen LogP contribution is 2.32. The predicted octanol–water partition coefficient (Wildman–Crippen LogP) is 5.08. The molecule has 0 saturated carbocycles. The van der Waals surface area contributed by atoms with Crippen molar-refractivity contribution in [3.05, 3.63) is 64.5 Å². The molecule has 6 nitrogen and oxygen atoms in total. The van der Waals surface area contributed by atoms with Crippen molar-refractivity contribution in [1.29, 1.82) is 0 Å². The van der Waals surface area contributed by atoms with Crippen LogP contribution in [-0.4, -0.2) is 38.4 Å². The zero-order valence-corrected chi connectivity index (χ0v) is 22.1. The van der Waals surface area contributed by atoms with Crippen molar-refractivity contribution in [3.63, 3.8) is 0 Å². The van der Waals surface area contributed by atoms with Gasteiger partial charge in [0.25, 0.3) is 0 Å². The van der Waals surface area contributed by atoms with E-state index in [2.05, 4.69) is 33.1 Å². The number of hydrogen-bond acceptors (Lipinski definition) is 4. The zero-order chi connectivity index (χ0) is 27.5. The fourth-order valence-corrected chi connectivity index (χ4v) is 6.63. The molecule has 0 bridgehead atoms. The molecule has 0 radical (unpaired) electrons. The molecule has 2 aromatic carbocycles. The number of carbonyl (C=O) groups excluding carboxylic acids is 1. The van der Waals surface area contributed by atoms with E-state index in [4.69, 9.17) is 0 Å². The van der Waals surface area contributed by atoms with Crippen LogP contribution in [0.3, 0.4) is 0 Å². The van der Waals surface area contributed by atoms with Crippen LogP contribution in [0.4, 0.5) is 17.6 Å². The molecule has 1 fully saturated rings. The molecule has 1 aliphatic carbocycles. The fourth-order valence-electron chi connectivity index (χ4n) is 5.28. The summed E-state index contributed by atoms with van der Waals surface area (Å²) in [5, 5.41) is 2.97. The van der Waals surface area contributed by atoms with E-state index in [1.54, 1.807) is 0 Å². The van der Waals surface area contributed by atoms with Crippen LogP contribution in [0.2, 0.25) is 0 Å². The van der Waals surface area contributed by atoms with Gasteiger partial charge in [-0.15, -0.1) is 0 Å². The number of nitrogens with zero attached hydrogens (tertiary/aromatic N) is 1. The van der Waals surface area contributed by atoms with Gasteiger partial charge >= 0.3 is 6.18 Å². The number of alkyl halides is 3. The molecule has 38 heavy (non-hydrogen) atoms. The summed E-state index contributed by atoms with van der Waals surface area (Å²) in [6.07, 6.45) is 1.23. The Balaban J connectivity index is 1.37. The minimum absolute atomic E-state index is 0.208. The Kier molecular flexibility index (Phi) is 8.78. The Bertz CT molecular complexity index is 1260. The second kappa shape index (κ2) is 11.7. The SMILES string of the molecule is C[C@@H](CC(=O)N[C@@H]1CCCc2cc(CN3CCCCC3)ccc21)NS(=O)(=O)c1cc(C(F)(F)F)ccc1F. The predicted molar refractivity (Wildman–Crippen MR) is 135 cm³/mol. The molecule has 0 unspecified atom stereocenters. The molecule has 1 aliphatic heterocycles. The van der Waals surface area contributed by atoms with E-state index in [0.29, 0.717) is 12.1 Å². The summed E-state index contributed by atoms with van der Waals surface area (Å²) in [5.74, 6) is -1.71. The summed E-state index contributed by atoms with van der Waals surface area (Å²) in [4.78, 5) is 14.1. The highest BCUT2D eigenvalue weighted by Gasteiger charge is 2.33. The summed E-state index contributed by atoms with van der Waals surface area (Å²) in [6.45, 7) is 4.54. The van der Waals surface area contributed by atoms with Gasteiger partial charge in [-0.3, -0.25) is 9.69 Å². The molecular weight excluding hydrogens is 522 g/mol. The average Bonchev–Trinajstić information content (AvgIpc) is 2.83. The summed E-state index contributed by atoms with van der Waals surface area (Å²) in [7, 11) is -4.63. The lowest BCUT2D eigenvalue weighted by molar-refractivity contribution is -0.137. The first-order valence-corrected chi connectivity index (χ1v) is 14.4. The Labute approximate surface area is 220 Å². The highest BCUT2D eigenvalue weighted by molar-refractivity contribution is 7.89. The van der Waals surface area contributed by atoms with Crippen molar-refractivity contribution >= 4 is 15.9 Å². The Morgan fingerprint density at radius 2 is 1.82 bits per heavy atom. The molecule has 208 valence electrons. The minimum atomic E-state index is -4.83. The maximum Gasteiger partial charge on any atom is 0.416 e. The van der Waals surface area contributed by atoms with Crippen LogP contribution < -0.4 is 10.0 Å². The van der Waals surface area contributed by atoms with Crippen LogP contribution in [0, 0.1) is 5.82 Å². The van der Waals surface area contributed by atoms with Gasteiger partial charge in [-0.25, -0.2) is 17.5 Å². The molecule has 1 saturated heterocycles. The van der Waals surface area contributed by atoms with Crippen molar-refractivity contribution in [2.24, 2.45) is 0 Å². The Morgan fingerprint density at radius 3 is 2.53 bits per heavy atom. The topological polar surface area (TPSA) is 78.5 Å². The van der Waals surface area contributed by atoms with E-state index in [1.165, 1.54) is 37.3 Å².